The molecule has 0 fully saturated rings. The molecule has 0 aliphatic rings. The maximum atomic E-state index is 10.8. The summed E-state index contributed by atoms with van der Waals surface area (Å²) in [4.78, 5) is 0. The Labute approximate surface area is 219 Å². The fourth-order valence-corrected chi connectivity index (χ4v) is 6.67. The molecule has 0 spiro atoms. The smallest absolute Gasteiger partial charge is 0.264 e. The molecule has 0 radical (unpaired) electrons. The molecule has 0 N–H and O–H groups in total. The van der Waals surface area contributed by atoms with Gasteiger partial charge in [0.2, 0.25) is 0 Å². The zero-order valence-electron chi connectivity index (χ0n) is 21.6. The van der Waals surface area contributed by atoms with Gasteiger partial charge in [0.05, 0.1) is 25.7 Å². The molecule has 0 rings (SSSR count). The van der Waals surface area contributed by atoms with Crippen LogP contribution in [-0.4, -0.2) is 54.1 Å². The van der Waals surface area contributed by atoms with E-state index in [0.717, 1.165) is 38.2 Å². The van der Waals surface area contributed by atoms with Crippen molar-refractivity contribution in [3.63, 3.8) is 0 Å². The number of rotatable bonds is 27. The molecule has 10 heteroatoms. The third kappa shape index (κ3) is 32.5. The van der Waals surface area contributed by atoms with Crippen LogP contribution < -0.4 is 0 Å². The van der Waals surface area contributed by atoms with Crippen molar-refractivity contribution in [3.05, 3.63) is 0 Å². The molecule has 0 aromatic rings. The highest BCUT2D eigenvalue weighted by molar-refractivity contribution is 8.76. The summed E-state index contributed by atoms with van der Waals surface area (Å²) in [7, 11) is -2.48. The summed E-state index contributed by atoms with van der Waals surface area (Å²) >= 11 is 0. The SMILES string of the molecule is CS(=O)(=O)OCCCCCCCCCCCSSCCCCCCCCCCCOS(C)(=O)=O. The minimum Gasteiger partial charge on any atom is -0.270 e. The standard InChI is InChI=1S/C24H50O6S4/c1-33(25,26)29-21-17-13-9-5-3-7-11-15-19-23-31-32-24-20-16-12-8-4-6-10-14-18-22-30-34(2,27)28/h3-24H2,1-2H3. The first kappa shape index (κ1) is 34.5. The average Bonchev–Trinajstić information content (AvgIpc) is 2.74. The summed E-state index contributed by atoms with van der Waals surface area (Å²) < 4.78 is 52.8. The normalized spacial score (nSPS) is 12.4. The zero-order chi connectivity index (χ0) is 25.4. The Kier molecular flexibility index (Phi) is 24.3. The maximum absolute atomic E-state index is 10.8. The molecule has 0 amide bonds. The van der Waals surface area contributed by atoms with Crippen LogP contribution in [0.1, 0.15) is 116 Å². The summed E-state index contributed by atoms with van der Waals surface area (Å²) in [5.74, 6) is 2.53. The van der Waals surface area contributed by atoms with Crippen LogP contribution in [0.25, 0.3) is 0 Å². The highest BCUT2D eigenvalue weighted by atomic mass is 33.1. The Hall–Kier alpha value is 0.520. The van der Waals surface area contributed by atoms with Gasteiger partial charge in [0.15, 0.2) is 0 Å². The van der Waals surface area contributed by atoms with Crippen LogP contribution in [0.15, 0.2) is 0 Å². The molecular weight excluding hydrogens is 513 g/mol. The minimum atomic E-state index is -3.27. The lowest BCUT2D eigenvalue weighted by Crippen LogP contribution is -2.03. The quantitative estimate of drug-likeness (QED) is 0.0584. The van der Waals surface area contributed by atoms with Crippen molar-refractivity contribution in [2.75, 3.05) is 37.2 Å². The Bertz CT molecular complexity index is 582. The number of hydrogen-bond donors (Lipinski definition) is 0. The summed E-state index contributed by atoms with van der Waals surface area (Å²) in [6.07, 6.45) is 24.0. The van der Waals surface area contributed by atoms with Crippen LogP contribution in [0.5, 0.6) is 0 Å². The van der Waals surface area contributed by atoms with E-state index in [1.807, 2.05) is 21.6 Å². The molecule has 0 bridgehead atoms. The summed E-state index contributed by atoms with van der Waals surface area (Å²) in [5.41, 5.74) is 0. The first-order valence-corrected chi connectivity index (χ1v) is 19.3. The fraction of sp³-hybridized carbons (Fsp3) is 1.00. The van der Waals surface area contributed by atoms with E-state index in [1.54, 1.807) is 0 Å². The molecule has 0 aliphatic carbocycles. The monoisotopic (exact) mass is 562 g/mol. The van der Waals surface area contributed by atoms with Crippen LogP contribution in [-0.2, 0) is 28.6 Å². The molecule has 6 nitrogen and oxygen atoms in total. The van der Waals surface area contributed by atoms with Gasteiger partial charge in [0.1, 0.15) is 0 Å². The van der Waals surface area contributed by atoms with E-state index >= 15 is 0 Å². The molecule has 206 valence electrons. The summed E-state index contributed by atoms with van der Waals surface area (Å²) in [5, 5.41) is 0. The van der Waals surface area contributed by atoms with Crippen molar-refractivity contribution in [1.29, 1.82) is 0 Å². The first-order valence-electron chi connectivity index (χ1n) is 13.1. The second kappa shape index (κ2) is 23.9. The molecule has 0 heterocycles. The maximum Gasteiger partial charge on any atom is 0.264 e. The van der Waals surface area contributed by atoms with Crippen molar-refractivity contribution in [2.24, 2.45) is 0 Å². The molecule has 0 atom stereocenters. The molecule has 0 aromatic heterocycles. The van der Waals surface area contributed by atoms with Gasteiger partial charge >= 0.3 is 0 Å². The minimum absolute atomic E-state index is 0.324. The van der Waals surface area contributed by atoms with E-state index in [0.29, 0.717) is 13.2 Å². The number of unbranched alkanes of at least 4 members (excludes halogenated alkanes) is 16. The van der Waals surface area contributed by atoms with Crippen LogP contribution in [0, 0.1) is 0 Å². The van der Waals surface area contributed by atoms with E-state index in [1.165, 1.54) is 101 Å². The molecule has 0 aromatic carbocycles. The third-order valence-corrected chi connectivity index (χ3v) is 9.19. The second-order valence-electron chi connectivity index (χ2n) is 9.06. The van der Waals surface area contributed by atoms with Crippen molar-refractivity contribution < 1.29 is 25.2 Å². The van der Waals surface area contributed by atoms with Gasteiger partial charge in [0.25, 0.3) is 20.2 Å². The van der Waals surface area contributed by atoms with Gasteiger partial charge in [-0.2, -0.15) is 16.8 Å². The highest BCUT2D eigenvalue weighted by Crippen LogP contribution is 2.25. The predicted octanol–water partition coefficient (Wildman–Crippen LogP) is 7.34. The fourth-order valence-electron chi connectivity index (χ4n) is 3.54. The van der Waals surface area contributed by atoms with Crippen molar-refractivity contribution in [3.8, 4) is 0 Å². The lowest BCUT2D eigenvalue weighted by Gasteiger charge is -2.04. The molecule has 0 saturated carbocycles. The van der Waals surface area contributed by atoms with Crippen LogP contribution in [0.2, 0.25) is 0 Å². The van der Waals surface area contributed by atoms with Gasteiger partial charge < -0.3 is 0 Å². The Balaban J connectivity index is 3.09. The van der Waals surface area contributed by atoms with E-state index in [4.69, 9.17) is 8.37 Å². The van der Waals surface area contributed by atoms with E-state index in [2.05, 4.69) is 0 Å². The average molecular weight is 563 g/mol. The Morgan fingerprint density at radius 3 is 0.912 bits per heavy atom. The largest absolute Gasteiger partial charge is 0.270 e. The summed E-state index contributed by atoms with van der Waals surface area (Å²) in [6, 6.07) is 0. The first-order chi connectivity index (χ1) is 16.2. The topological polar surface area (TPSA) is 86.7 Å². The number of hydrogen-bond acceptors (Lipinski definition) is 8. The zero-order valence-corrected chi connectivity index (χ0v) is 24.9. The van der Waals surface area contributed by atoms with Gasteiger partial charge in [-0.05, 0) is 25.7 Å². The molecule has 0 aliphatic heterocycles. The van der Waals surface area contributed by atoms with Crippen molar-refractivity contribution in [1.82, 2.24) is 0 Å². The van der Waals surface area contributed by atoms with Crippen LogP contribution >= 0.6 is 21.6 Å². The predicted molar refractivity (Wildman–Crippen MR) is 150 cm³/mol. The Morgan fingerprint density at radius 1 is 0.412 bits per heavy atom. The van der Waals surface area contributed by atoms with E-state index in [-0.39, 0.29) is 0 Å². The van der Waals surface area contributed by atoms with Crippen molar-refractivity contribution >= 4 is 41.8 Å². The molecular formula is C24H50O6S4. The van der Waals surface area contributed by atoms with E-state index in [9.17, 15) is 16.8 Å². The highest BCUT2D eigenvalue weighted by Gasteiger charge is 2.01. The van der Waals surface area contributed by atoms with Crippen LogP contribution in [0.4, 0.5) is 0 Å². The molecule has 0 saturated heterocycles. The van der Waals surface area contributed by atoms with Gasteiger partial charge in [-0.1, -0.05) is 111 Å². The molecule has 34 heavy (non-hydrogen) atoms. The second-order valence-corrected chi connectivity index (χ2v) is 15.1. The van der Waals surface area contributed by atoms with Crippen LogP contribution in [0.3, 0.4) is 0 Å². The van der Waals surface area contributed by atoms with Gasteiger partial charge in [-0.15, -0.1) is 0 Å². The van der Waals surface area contributed by atoms with Gasteiger partial charge in [-0.25, -0.2) is 0 Å². The summed E-state index contributed by atoms with van der Waals surface area (Å²) in [6.45, 7) is 0.647. The molecule has 0 unspecified atom stereocenters. The lowest BCUT2D eigenvalue weighted by molar-refractivity contribution is 0.308. The van der Waals surface area contributed by atoms with Crippen molar-refractivity contribution in [2.45, 2.75) is 116 Å². The van der Waals surface area contributed by atoms with E-state index < -0.39 is 20.2 Å². The van der Waals surface area contributed by atoms with Gasteiger partial charge in [0, 0.05) is 11.5 Å². The lowest BCUT2D eigenvalue weighted by atomic mass is 10.1. The third-order valence-electron chi connectivity index (χ3n) is 5.42. The Morgan fingerprint density at radius 2 is 0.647 bits per heavy atom. The van der Waals surface area contributed by atoms with Gasteiger partial charge in [-0.3, -0.25) is 8.37 Å².